The lowest BCUT2D eigenvalue weighted by molar-refractivity contribution is -0.345. The summed E-state index contributed by atoms with van der Waals surface area (Å²) in [5, 5.41) is 9.03. The minimum atomic E-state index is -4.59. The molecule has 7 nitrogen and oxygen atoms in total. The zero-order valence-electron chi connectivity index (χ0n) is 18.3. The molecule has 0 unspecified atom stereocenters. The van der Waals surface area contributed by atoms with Gasteiger partial charge in [0.15, 0.2) is 0 Å². The summed E-state index contributed by atoms with van der Waals surface area (Å²) in [6.45, 7) is 0.631. The summed E-state index contributed by atoms with van der Waals surface area (Å²) in [5.41, 5.74) is 3.16. The highest BCUT2D eigenvalue weighted by Gasteiger charge is 2.37. The molecular weight excluding hydrogens is 437 g/mol. The average Bonchev–Trinajstić information content (AvgIpc) is 2.72. The molecule has 2 aliphatic rings. The maximum absolute atomic E-state index is 12.4. The molecule has 33 heavy (non-hydrogen) atoms. The van der Waals surface area contributed by atoms with Crippen LogP contribution in [0.25, 0.3) is 11.3 Å². The van der Waals surface area contributed by atoms with Gasteiger partial charge in [0, 0.05) is 36.5 Å². The molecule has 10 heteroatoms. The summed E-state index contributed by atoms with van der Waals surface area (Å²) in [7, 11) is 1.97. The lowest BCUT2D eigenvalue weighted by Crippen LogP contribution is -2.44. The van der Waals surface area contributed by atoms with Gasteiger partial charge in [0.05, 0.1) is 35.3 Å². The van der Waals surface area contributed by atoms with Gasteiger partial charge in [0.25, 0.3) is 0 Å². The van der Waals surface area contributed by atoms with Crippen molar-refractivity contribution < 1.29 is 27.8 Å². The highest BCUT2D eigenvalue weighted by molar-refractivity contribution is 5.71. The summed E-state index contributed by atoms with van der Waals surface area (Å²) in [4.78, 5) is 26.6. The van der Waals surface area contributed by atoms with Crippen molar-refractivity contribution in [3.63, 3.8) is 0 Å². The largest absolute Gasteiger partial charge is 0.522 e. The number of carboxylic acids is 1. The molecule has 0 radical (unpaired) electrons. The van der Waals surface area contributed by atoms with Crippen LogP contribution in [0.2, 0.25) is 0 Å². The minimum Gasteiger partial charge on any atom is -0.481 e. The Morgan fingerprint density at radius 3 is 2.48 bits per heavy atom. The molecule has 0 amide bonds. The number of halogens is 3. The Morgan fingerprint density at radius 2 is 1.88 bits per heavy atom. The van der Waals surface area contributed by atoms with Crippen LogP contribution in [0.5, 0.6) is 0 Å². The Balaban J connectivity index is 1.33. The molecule has 0 bridgehead atoms. The van der Waals surface area contributed by atoms with Gasteiger partial charge in [-0.05, 0) is 57.7 Å². The van der Waals surface area contributed by atoms with Crippen LogP contribution in [0.3, 0.4) is 0 Å². The molecule has 178 valence electrons. The smallest absolute Gasteiger partial charge is 0.481 e. The Labute approximate surface area is 190 Å². The van der Waals surface area contributed by atoms with Crippen LogP contribution < -0.4 is 0 Å². The third-order valence-corrected chi connectivity index (χ3v) is 6.66. The molecule has 2 aromatic rings. The fourth-order valence-electron chi connectivity index (χ4n) is 4.59. The van der Waals surface area contributed by atoms with Crippen LogP contribution in [0, 0.1) is 5.92 Å². The van der Waals surface area contributed by atoms with Crippen LogP contribution >= 0.6 is 0 Å². The van der Waals surface area contributed by atoms with Crippen molar-refractivity contribution in [3.8, 4) is 11.3 Å². The fourth-order valence-corrected chi connectivity index (χ4v) is 4.59. The van der Waals surface area contributed by atoms with Gasteiger partial charge in [-0.25, -0.2) is 4.98 Å². The zero-order valence-corrected chi connectivity index (χ0v) is 18.3. The van der Waals surface area contributed by atoms with E-state index in [0.717, 1.165) is 17.0 Å². The normalized spacial score (nSPS) is 25.6. The second-order valence-electron chi connectivity index (χ2n) is 8.98. The maximum Gasteiger partial charge on any atom is 0.522 e. The van der Waals surface area contributed by atoms with E-state index in [1.54, 1.807) is 18.6 Å². The Kier molecular flexibility index (Phi) is 6.94. The van der Waals surface area contributed by atoms with Crippen molar-refractivity contribution in [1.82, 2.24) is 19.9 Å². The number of nitrogens with zero attached hydrogens (tertiary/aromatic N) is 4. The predicted molar refractivity (Wildman–Crippen MR) is 113 cm³/mol. The van der Waals surface area contributed by atoms with Gasteiger partial charge in [0.1, 0.15) is 0 Å². The highest BCUT2D eigenvalue weighted by atomic mass is 19.4. The van der Waals surface area contributed by atoms with Gasteiger partial charge < -0.3 is 5.11 Å². The van der Waals surface area contributed by atoms with Gasteiger partial charge in [0.2, 0.25) is 0 Å². The van der Waals surface area contributed by atoms with Crippen LogP contribution in [0.1, 0.15) is 55.8 Å². The molecule has 0 saturated heterocycles. The third kappa shape index (κ3) is 6.05. The first kappa shape index (κ1) is 23.6. The molecule has 0 spiro atoms. The van der Waals surface area contributed by atoms with E-state index in [4.69, 9.17) is 10.1 Å². The second kappa shape index (κ2) is 9.72. The molecule has 2 heterocycles. The fraction of sp³-hybridized carbons (Fsp3) is 0.565. The van der Waals surface area contributed by atoms with Crippen LogP contribution in [0.15, 0.2) is 30.7 Å². The number of aromatic nitrogens is 3. The van der Waals surface area contributed by atoms with Crippen molar-refractivity contribution in [2.75, 3.05) is 7.05 Å². The topological polar surface area (TPSA) is 88.4 Å². The molecule has 0 atom stereocenters. The van der Waals surface area contributed by atoms with E-state index >= 15 is 0 Å². The van der Waals surface area contributed by atoms with E-state index in [1.165, 1.54) is 0 Å². The number of ether oxygens (including phenoxy) is 1. The van der Waals surface area contributed by atoms with Gasteiger partial charge in [-0.1, -0.05) is 0 Å². The van der Waals surface area contributed by atoms with Crippen LogP contribution in [-0.2, 0) is 16.1 Å². The van der Waals surface area contributed by atoms with Gasteiger partial charge >= 0.3 is 12.3 Å². The van der Waals surface area contributed by atoms with Crippen molar-refractivity contribution in [1.29, 1.82) is 0 Å². The number of hydrogen-bond donors (Lipinski definition) is 1. The van der Waals surface area contributed by atoms with E-state index in [-0.39, 0.29) is 17.9 Å². The maximum atomic E-state index is 12.4. The predicted octanol–water partition coefficient (Wildman–Crippen LogP) is 4.40. The molecule has 0 aliphatic heterocycles. The molecule has 2 saturated carbocycles. The molecular formula is C23H27F3N4O3. The Bertz CT molecular complexity index is 956. The Hall–Kier alpha value is -2.59. The monoisotopic (exact) mass is 464 g/mol. The number of hydrogen-bond acceptors (Lipinski definition) is 6. The molecule has 2 aromatic heterocycles. The van der Waals surface area contributed by atoms with Crippen molar-refractivity contribution >= 4 is 5.97 Å². The summed E-state index contributed by atoms with van der Waals surface area (Å²) >= 11 is 0. The molecule has 2 fully saturated rings. The molecule has 1 N–H and O–H groups in total. The second-order valence-corrected chi connectivity index (χ2v) is 8.98. The lowest BCUT2D eigenvalue weighted by atomic mass is 9.79. The van der Waals surface area contributed by atoms with Gasteiger partial charge in [-0.2, -0.15) is 0 Å². The number of rotatable bonds is 7. The third-order valence-electron chi connectivity index (χ3n) is 6.66. The first-order valence-corrected chi connectivity index (χ1v) is 11.1. The van der Waals surface area contributed by atoms with E-state index in [9.17, 15) is 18.0 Å². The van der Waals surface area contributed by atoms with Gasteiger partial charge in [-0.15, -0.1) is 13.2 Å². The van der Waals surface area contributed by atoms with E-state index in [1.807, 2.05) is 19.2 Å². The van der Waals surface area contributed by atoms with Gasteiger partial charge in [-0.3, -0.25) is 24.4 Å². The zero-order chi connectivity index (χ0) is 23.6. The lowest BCUT2D eigenvalue weighted by Gasteiger charge is -2.39. The summed E-state index contributed by atoms with van der Waals surface area (Å²) in [6, 6.07) is 4.11. The van der Waals surface area contributed by atoms with Crippen LogP contribution in [-0.4, -0.2) is 56.5 Å². The number of carbonyl (C=O) groups is 1. The van der Waals surface area contributed by atoms with E-state index < -0.39 is 18.4 Å². The number of carboxylic acid groups (broad SMARTS) is 1. The van der Waals surface area contributed by atoms with Crippen molar-refractivity contribution in [2.45, 2.75) is 69.5 Å². The summed E-state index contributed by atoms with van der Waals surface area (Å²) < 4.78 is 41.5. The van der Waals surface area contributed by atoms with Crippen molar-refractivity contribution in [3.05, 3.63) is 42.1 Å². The van der Waals surface area contributed by atoms with E-state index in [2.05, 4.69) is 19.6 Å². The molecule has 4 rings (SSSR count). The number of alkyl halides is 3. The summed E-state index contributed by atoms with van der Waals surface area (Å²) in [5.74, 6) is -0.914. The average molecular weight is 464 g/mol. The highest BCUT2D eigenvalue weighted by Crippen LogP contribution is 2.36. The minimum absolute atomic E-state index is 0.0588. The first-order chi connectivity index (χ1) is 15.7. The SMILES string of the molecule is CN(Cc1ccc(-c2cncc(C3CCC(OC(F)(F)F)CC3)n2)cn1)C1CC(C(=O)O)C1. The summed E-state index contributed by atoms with van der Waals surface area (Å²) in [6.07, 6.45) is 2.86. The number of pyridine rings is 1. The molecule has 0 aromatic carbocycles. The van der Waals surface area contributed by atoms with Crippen molar-refractivity contribution in [2.24, 2.45) is 5.92 Å². The standard InChI is InChI=1S/C23H27F3N4O3/c1-30(18-8-16(9-18)22(31)32)13-17-5-2-15(10-28-17)21-12-27-11-20(29-21)14-3-6-19(7-4-14)33-23(24,25)26/h2,5,10-12,14,16,18-19H,3-4,6-9,13H2,1H3,(H,31,32). The molecule has 2 aliphatic carbocycles. The Morgan fingerprint density at radius 1 is 1.15 bits per heavy atom. The number of aliphatic carboxylic acids is 1. The van der Waals surface area contributed by atoms with E-state index in [0.29, 0.717) is 50.8 Å². The quantitative estimate of drug-likeness (QED) is 0.650. The first-order valence-electron chi connectivity index (χ1n) is 11.1. The van der Waals surface area contributed by atoms with Crippen LogP contribution in [0.4, 0.5) is 13.2 Å².